The Morgan fingerprint density at radius 3 is 2.55 bits per heavy atom. The summed E-state index contributed by atoms with van der Waals surface area (Å²) in [7, 11) is 1.54. The second-order valence-corrected chi connectivity index (χ2v) is 4.69. The lowest BCUT2D eigenvalue weighted by atomic mass is 10.0. The molecule has 0 bridgehead atoms. The standard InChI is InChI=1S/C17H19NO2/c1-3-4-6-13-9-11-14(12-10-13)17(19)15-7-5-8-16(18-15)20-2/h5,7-12H,3-4,6H2,1-2H3. The Kier molecular flexibility index (Phi) is 4.88. The van der Waals surface area contributed by atoms with Crippen molar-refractivity contribution < 1.29 is 9.53 Å². The zero-order chi connectivity index (χ0) is 14.4. The minimum atomic E-state index is -0.0778. The molecule has 0 amide bonds. The molecule has 0 aliphatic rings. The van der Waals surface area contributed by atoms with Crippen LogP contribution >= 0.6 is 0 Å². The van der Waals surface area contributed by atoms with Gasteiger partial charge in [0.15, 0.2) is 0 Å². The number of hydrogen-bond donors (Lipinski definition) is 0. The largest absolute Gasteiger partial charge is 0.481 e. The van der Waals surface area contributed by atoms with Gasteiger partial charge in [0, 0.05) is 11.6 Å². The third-order valence-electron chi connectivity index (χ3n) is 3.20. The number of hydrogen-bond acceptors (Lipinski definition) is 3. The summed E-state index contributed by atoms with van der Waals surface area (Å²) in [5.41, 5.74) is 2.33. The lowest BCUT2D eigenvalue weighted by Gasteiger charge is -2.04. The number of pyridine rings is 1. The van der Waals surface area contributed by atoms with Gasteiger partial charge in [0.1, 0.15) is 5.69 Å². The summed E-state index contributed by atoms with van der Waals surface area (Å²) in [4.78, 5) is 16.5. The van der Waals surface area contributed by atoms with E-state index in [1.807, 2.05) is 24.3 Å². The molecular weight excluding hydrogens is 250 g/mol. The fourth-order valence-electron chi connectivity index (χ4n) is 2.01. The Morgan fingerprint density at radius 2 is 1.90 bits per heavy atom. The first-order valence-corrected chi connectivity index (χ1v) is 6.89. The molecule has 3 nitrogen and oxygen atoms in total. The molecule has 1 aromatic heterocycles. The van der Waals surface area contributed by atoms with E-state index in [-0.39, 0.29) is 5.78 Å². The topological polar surface area (TPSA) is 39.2 Å². The van der Waals surface area contributed by atoms with Crippen LogP contribution in [0.25, 0.3) is 0 Å². The average molecular weight is 269 g/mol. The van der Waals surface area contributed by atoms with Crippen molar-refractivity contribution in [2.75, 3.05) is 7.11 Å². The molecule has 1 heterocycles. The number of ether oxygens (including phenoxy) is 1. The first-order chi connectivity index (χ1) is 9.74. The van der Waals surface area contributed by atoms with Gasteiger partial charge in [-0.2, -0.15) is 0 Å². The lowest BCUT2D eigenvalue weighted by molar-refractivity contribution is 0.103. The highest BCUT2D eigenvalue weighted by Gasteiger charge is 2.11. The quantitative estimate of drug-likeness (QED) is 0.751. The predicted octanol–water partition coefficient (Wildman–Crippen LogP) is 3.66. The second kappa shape index (κ2) is 6.85. The minimum Gasteiger partial charge on any atom is -0.481 e. The van der Waals surface area contributed by atoms with Crippen molar-refractivity contribution in [3.63, 3.8) is 0 Å². The highest BCUT2D eigenvalue weighted by molar-refractivity contribution is 6.07. The van der Waals surface area contributed by atoms with E-state index in [2.05, 4.69) is 11.9 Å². The molecule has 0 spiro atoms. The first kappa shape index (κ1) is 14.3. The zero-order valence-corrected chi connectivity index (χ0v) is 11.9. The van der Waals surface area contributed by atoms with Gasteiger partial charge >= 0.3 is 0 Å². The molecule has 0 N–H and O–H groups in total. The molecule has 20 heavy (non-hydrogen) atoms. The number of methoxy groups -OCH3 is 1. The van der Waals surface area contributed by atoms with Crippen LogP contribution in [-0.4, -0.2) is 17.9 Å². The van der Waals surface area contributed by atoms with Crippen molar-refractivity contribution in [1.82, 2.24) is 4.98 Å². The molecule has 3 heteroatoms. The zero-order valence-electron chi connectivity index (χ0n) is 11.9. The molecule has 0 saturated carbocycles. The number of carbonyl (C=O) groups is 1. The monoisotopic (exact) mass is 269 g/mol. The molecule has 0 radical (unpaired) electrons. The molecular formula is C17H19NO2. The van der Waals surface area contributed by atoms with E-state index >= 15 is 0 Å². The Morgan fingerprint density at radius 1 is 1.15 bits per heavy atom. The van der Waals surface area contributed by atoms with E-state index in [0.717, 1.165) is 6.42 Å². The lowest BCUT2D eigenvalue weighted by Crippen LogP contribution is -2.05. The van der Waals surface area contributed by atoms with Crippen molar-refractivity contribution >= 4 is 5.78 Å². The molecule has 0 aliphatic carbocycles. The highest BCUT2D eigenvalue weighted by Crippen LogP contribution is 2.14. The number of aromatic nitrogens is 1. The van der Waals surface area contributed by atoms with Gasteiger partial charge in [-0.1, -0.05) is 43.7 Å². The fraction of sp³-hybridized carbons (Fsp3) is 0.294. The molecule has 104 valence electrons. The van der Waals surface area contributed by atoms with Gasteiger partial charge in [-0.15, -0.1) is 0 Å². The van der Waals surface area contributed by atoms with Crippen molar-refractivity contribution in [3.8, 4) is 5.88 Å². The van der Waals surface area contributed by atoms with Crippen LogP contribution < -0.4 is 4.74 Å². The van der Waals surface area contributed by atoms with Crippen LogP contribution in [-0.2, 0) is 6.42 Å². The summed E-state index contributed by atoms with van der Waals surface area (Å²) in [6.07, 6.45) is 3.40. The summed E-state index contributed by atoms with van der Waals surface area (Å²) in [5.74, 6) is 0.376. The van der Waals surface area contributed by atoms with E-state index in [1.165, 1.54) is 18.4 Å². The molecule has 0 aliphatic heterocycles. The van der Waals surface area contributed by atoms with Crippen LogP contribution in [0.5, 0.6) is 5.88 Å². The van der Waals surface area contributed by atoms with Crippen LogP contribution in [0.4, 0.5) is 0 Å². The molecule has 0 fully saturated rings. The van der Waals surface area contributed by atoms with Crippen molar-refractivity contribution in [1.29, 1.82) is 0 Å². The Balaban J connectivity index is 2.16. The molecule has 0 saturated heterocycles. The van der Waals surface area contributed by atoms with Crippen LogP contribution in [0.2, 0.25) is 0 Å². The predicted molar refractivity (Wildman–Crippen MR) is 79.3 cm³/mol. The Hall–Kier alpha value is -2.16. The summed E-state index contributed by atoms with van der Waals surface area (Å²) in [6.45, 7) is 2.17. The number of nitrogens with zero attached hydrogens (tertiary/aromatic N) is 1. The molecule has 0 atom stereocenters. The van der Waals surface area contributed by atoms with E-state index in [0.29, 0.717) is 17.1 Å². The summed E-state index contributed by atoms with van der Waals surface area (Å²) < 4.78 is 5.04. The summed E-state index contributed by atoms with van der Waals surface area (Å²) in [6, 6.07) is 13.0. The first-order valence-electron chi connectivity index (χ1n) is 6.89. The van der Waals surface area contributed by atoms with Crippen LogP contribution in [0, 0.1) is 0 Å². The maximum atomic E-state index is 12.3. The number of aryl methyl sites for hydroxylation is 1. The normalized spacial score (nSPS) is 10.3. The van der Waals surface area contributed by atoms with Crippen LogP contribution in [0.15, 0.2) is 42.5 Å². The van der Waals surface area contributed by atoms with Gasteiger partial charge in [-0.05, 0) is 24.5 Å². The number of carbonyl (C=O) groups excluding carboxylic acids is 1. The number of ketones is 1. The number of rotatable bonds is 6. The third kappa shape index (κ3) is 3.44. The SMILES string of the molecule is CCCCc1ccc(C(=O)c2cccc(OC)n2)cc1. The summed E-state index contributed by atoms with van der Waals surface area (Å²) in [5, 5.41) is 0. The fourth-order valence-corrected chi connectivity index (χ4v) is 2.01. The van der Waals surface area contributed by atoms with E-state index < -0.39 is 0 Å². The molecule has 2 aromatic rings. The van der Waals surface area contributed by atoms with Crippen LogP contribution in [0.1, 0.15) is 41.4 Å². The Bertz CT molecular complexity index is 576. The van der Waals surface area contributed by atoms with E-state index in [9.17, 15) is 4.79 Å². The van der Waals surface area contributed by atoms with Gasteiger partial charge in [0.2, 0.25) is 11.7 Å². The van der Waals surface area contributed by atoms with Crippen molar-refractivity contribution in [3.05, 3.63) is 59.3 Å². The van der Waals surface area contributed by atoms with Gasteiger partial charge in [-0.25, -0.2) is 4.98 Å². The smallest absolute Gasteiger partial charge is 0.213 e. The highest BCUT2D eigenvalue weighted by atomic mass is 16.5. The van der Waals surface area contributed by atoms with E-state index in [1.54, 1.807) is 25.3 Å². The number of unbranched alkanes of at least 4 members (excludes halogenated alkanes) is 1. The minimum absolute atomic E-state index is 0.0778. The molecule has 0 unspecified atom stereocenters. The van der Waals surface area contributed by atoms with Gasteiger partial charge in [0.25, 0.3) is 0 Å². The van der Waals surface area contributed by atoms with Gasteiger partial charge < -0.3 is 4.74 Å². The maximum Gasteiger partial charge on any atom is 0.213 e. The third-order valence-corrected chi connectivity index (χ3v) is 3.20. The van der Waals surface area contributed by atoms with Gasteiger partial charge in [0.05, 0.1) is 7.11 Å². The molecule has 1 aromatic carbocycles. The molecule has 2 rings (SSSR count). The van der Waals surface area contributed by atoms with Crippen molar-refractivity contribution in [2.24, 2.45) is 0 Å². The van der Waals surface area contributed by atoms with Gasteiger partial charge in [-0.3, -0.25) is 4.79 Å². The summed E-state index contributed by atoms with van der Waals surface area (Å²) >= 11 is 0. The Labute approximate surface area is 119 Å². The number of benzene rings is 1. The maximum absolute atomic E-state index is 12.3. The van der Waals surface area contributed by atoms with E-state index in [4.69, 9.17) is 4.74 Å². The van der Waals surface area contributed by atoms with Crippen molar-refractivity contribution in [2.45, 2.75) is 26.2 Å². The second-order valence-electron chi connectivity index (χ2n) is 4.69. The van der Waals surface area contributed by atoms with Crippen LogP contribution in [0.3, 0.4) is 0 Å². The average Bonchev–Trinajstić information content (AvgIpc) is 2.52.